The molecule has 1 heterocycles. The molecule has 2 saturated carbocycles. The molecule has 25 heavy (non-hydrogen) atoms. The fraction of sp³-hybridized carbons (Fsp3) is 0.650. The lowest BCUT2D eigenvalue weighted by molar-refractivity contribution is -0.0195. The van der Waals surface area contributed by atoms with Crippen LogP contribution < -0.4 is 10.5 Å². The van der Waals surface area contributed by atoms with Crippen molar-refractivity contribution in [1.82, 2.24) is 0 Å². The van der Waals surface area contributed by atoms with Gasteiger partial charge in [-0.3, -0.25) is 4.79 Å². The van der Waals surface area contributed by atoms with E-state index in [4.69, 9.17) is 15.2 Å². The smallest absolute Gasteiger partial charge is 0.252 e. The molecule has 1 aromatic carbocycles. The SMILES string of the molecule is COc1cc2c(cc1C(N)=O)[C@H](O)C[C@@H]1[C@@H]2CC[C@]2(C)[C@@H]3O[C@@H]3C[C@@H]12. The lowest BCUT2D eigenvalue weighted by atomic mass is 9.55. The van der Waals surface area contributed by atoms with Crippen LogP contribution in [0.4, 0.5) is 0 Å². The Morgan fingerprint density at radius 2 is 2.16 bits per heavy atom. The Bertz CT molecular complexity index is 762. The van der Waals surface area contributed by atoms with Crippen molar-refractivity contribution in [1.29, 1.82) is 0 Å². The summed E-state index contributed by atoms with van der Waals surface area (Å²) in [6, 6.07) is 3.70. The molecule has 134 valence electrons. The summed E-state index contributed by atoms with van der Waals surface area (Å²) in [5, 5.41) is 10.8. The van der Waals surface area contributed by atoms with Gasteiger partial charge in [0.05, 0.1) is 31.0 Å². The van der Waals surface area contributed by atoms with E-state index < -0.39 is 12.0 Å². The predicted molar refractivity (Wildman–Crippen MR) is 91.4 cm³/mol. The van der Waals surface area contributed by atoms with Crippen LogP contribution in [0.5, 0.6) is 5.75 Å². The first kappa shape index (κ1) is 15.6. The van der Waals surface area contributed by atoms with Crippen molar-refractivity contribution in [3.05, 3.63) is 28.8 Å². The number of aliphatic hydroxyl groups is 1. The van der Waals surface area contributed by atoms with E-state index >= 15 is 0 Å². The maximum Gasteiger partial charge on any atom is 0.252 e. The molecule has 0 unspecified atom stereocenters. The molecule has 3 N–H and O–H groups in total. The van der Waals surface area contributed by atoms with Gasteiger partial charge in [-0.25, -0.2) is 0 Å². The van der Waals surface area contributed by atoms with E-state index in [9.17, 15) is 9.90 Å². The number of nitrogens with two attached hydrogens (primary N) is 1. The minimum Gasteiger partial charge on any atom is -0.496 e. The van der Waals surface area contributed by atoms with E-state index in [1.165, 1.54) is 0 Å². The Kier molecular flexibility index (Phi) is 3.12. The summed E-state index contributed by atoms with van der Waals surface area (Å²) in [4.78, 5) is 11.7. The number of fused-ring (bicyclic) bond motifs is 7. The number of primary amides is 1. The molecule has 1 amide bonds. The van der Waals surface area contributed by atoms with Gasteiger partial charge in [-0.1, -0.05) is 6.92 Å². The van der Waals surface area contributed by atoms with Crippen LogP contribution in [0.25, 0.3) is 0 Å². The van der Waals surface area contributed by atoms with Gasteiger partial charge >= 0.3 is 0 Å². The van der Waals surface area contributed by atoms with Gasteiger partial charge in [-0.05, 0) is 72.1 Å². The van der Waals surface area contributed by atoms with Crippen molar-refractivity contribution < 1.29 is 19.4 Å². The van der Waals surface area contributed by atoms with Crippen LogP contribution in [0, 0.1) is 17.3 Å². The second kappa shape index (κ2) is 4.98. The van der Waals surface area contributed by atoms with Gasteiger partial charge in [0.2, 0.25) is 0 Å². The van der Waals surface area contributed by atoms with Gasteiger partial charge in [-0.15, -0.1) is 0 Å². The van der Waals surface area contributed by atoms with E-state index in [0.717, 1.165) is 36.8 Å². The first-order valence-corrected chi connectivity index (χ1v) is 9.29. The van der Waals surface area contributed by atoms with Gasteiger partial charge in [0, 0.05) is 0 Å². The quantitative estimate of drug-likeness (QED) is 0.808. The molecular formula is C20H25NO4. The number of hydrogen-bond donors (Lipinski definition) is 2. The summed E-state index contributed by atoms with van der Waals surface area (Å²) in [7, 11) is 1.56. The number of carbonyl (C=O) groups is 1. The average molecular weight is 343 g/mol. The lowest BCUT2D eigenvalue weighted by Gasteiger charge is -2.50. The lowest BCUT2D eigenvalue weighted by Crippen LogP contribution is -2.43. The van der Waals surface area contributed by atoms with Crippen LogP contribution in [-0.2, 0) is 4.74 Å². The zero-order valence-corrected chi connectivity index (χ0v) is 14.7. The Morgan fingerprint density at radius 3 is 2.88 bits per heavy atom. The zero-order chi connectivity index (χ0) is 17.5. The first-order valence-electron chi connectivity index (χ1n) is 9.29. The number of methoxy groups -OCH3 is 1. The summed E-state index contributed by atoms with van der Waals surface area (Å²) < 4.78 is 11.3. The monoisotopic (exact) mass is 343 g/mol. The molecule has 7 atom stereocenters. The van der Waals surface area contributed by atoms with E-state index in [0.29, 0.717) is 41.3 Å². The summed E-state index contributed by atoms with van der Waals surface area (Å²) in [6.07, 6.45) is 4.49. The molecule has 0 aromatic heterocycles. The molecule has 0 radical (unpaired) electrons. The minimum atomic E-state index is -0.541. The predicted octanol–water partition coefficient (Wildman–Crippen LogP) is 2.52. The maximum absolute atomic E-state index is 11.7. The highest BCUT2D eigenvalue weighted by Crippen LogP contribution is 2.67. The maximum atomic E-state index is 11.7. The van der Waals surface area contributed by atoms with Gasteiger partial charge < -0.3 is 20.3 Å². The van der Waals surface area contributed by atoms with Crippen molar-refractivity contribution in [3.8, 4) is 5.75 Å². The number of amides is 1. The van der Waals surface area contributed by atoms with E-state index in [1.807, 2.05) is 6.07 Å². The van der Waals surface area contributed by atoms with Crippen LogP contribution in [0.15, 0.2) is 12.1 Å². The average Bonchev–Trinajstić information content (AvgIpc) is 3.31. The Balaban J connectivity index is 1.58. The molecule has 5 nitrogen and oxygen atoms in total. The Morgan fingerprint density at radius 1 is 1.36 bits per heavy atom. The van der Waals surface area contributed by atoms with Crippen molar-refractivity contribution in [2.75, 3.05) is 7.11 Å². The number of carbonyl (C=O) groups excluding carboxylic acids is 1. The normalized spacial score (nSPS) is 43.5. The molecule has 3 fully saturated rings. The molecule has 1 aromatic rings. The molecule has 4 aliphatic rings. The summed E-state index contributed by atoms with van der Waals surface area (Å²) >= 11 is 0. The molecule has 0 spiro atoms. The first-order chi connectivity index (χ1) is 11.9. The number of benzene rings is 1. The van der Waals surface area contributed by atoms with Crippen LogP contribution in [0.2, 0.25) is 0 Å². The molecule has 1 saturated heterocycles. The summed E-state index contributed by atoms with van der Waals surface area (Å²) in [5.41, 5.74) is 8.12. The highest BCUT2D eigenvalue weighted by atomic mass is 16.6. The van der Waals surface area contributed by atoms with E-state index in [1.54, 1.807) is 13.2 Å². The Labute approximate surface area is 147 Å². The number of ether oxygens (including phenoxy) is 2. The van der Waals surface area contributed by atoms with Crippen molar-refractivity contribution >= 4 is 5.91 Å². The van der Waals surface area contributed by atoms with Gasteiger partial charge in [0.15, 0.2) is 0 Å². The second-order valence-corrected chi connectivity index (χ2v) is 8.55. The summed E-state index contributed by atoms with van der Waals surface area (Å²) in [6.45, 7) is 2.38. The number of epoxide rings is 1. The van der Waals surface area contributed by atoms with Crippen LogP contribution in [-0.4, -0.2) is 30.3 Å². The molecule has 5 heteroatoms. The third-order valence-electron chi connectivity index (χ3n) is 7.52. The third-order valence-corrected chi connectivity index (χ3v) is 7.52. The molecule has 3 aliphatic carbocycles. The van der Waals surface area contributed by atoms with Gasteiger partial charge in [0.25, 0.3) is 5.91 Å². The zero-order valence-electron chi connectivity index (χ0n) is 14.7. The van der Waals surface area contributed by atoms with Gasteiger partial charge in [0.1, 0.15) is 5.75 Å². The van der Waals surface area contributed by atoms with Crippen LogP contribution >= 0.6 is 0 Å². The molecular weight excluding hydrogens is 318 g/mol. The van der Waals surface area contributed by atoms with E-state index in [-0.39, 0.29) is 5.41 Å². The van der Waals surface area contributed by atoms with Crippen LogP contribution in [0.3, 0.4) is 0 Å². The fourth-order valence-electron chi connectivity index (χ4n) is 6.27. The summed E-state index contributed by atoms with van der Waals surface area (Å²) in [5.74, 6) is 1.51. The van der Waals surface area contributed by atoms with Gasteiger partial charge in [-0.2, -0.15) is 0 Å². The Hall–Kier alpha value is -1.59. The minimum absolute atomic E-state index is 0.264. The van der Waals surface area contributed by atoms with Crippen molar-refractivity contribution in [2.45, 2.75) is 56.8 Å². The van der Waals surface area contributed by atoms with Crippen molar-refractivity contribution in [2.24, 2.45) is 23.0 Å². The standard InChI is InChI=1S/C20H25NO4/c1-20-4-3-9-10-7-16(24-2)13(19(21)23)5-12(10)15(22)6-11(9)14(20)8-17-18(20)25-17/h5,7,9,11,14-15,17-18,22H,3-4,6,8H2,1-2H3,(H2,21,23)/t9-,11-,14+,15-,17-,18-,20+/m1/s1. The molecule has 1 aliphatic heterocycles. The number of rotatable bonds is 2. The largest absolute Gasteiger partial charge is 0.496 e. The molecule has 5 rings (SSSR count). The van der Waals surface area contributed by atoms with Crippen LogP contribution in [0.1, 0.15) is 66.1 Å². The fourth-order valence-corrected chi connectivity index (χ4v) is 6.27. The second-order valence-electron chi connectivity index (χ2n) is 8.55. The number of aliphatic hydroxyl groups excluding tert-OH is 1. The van der Waals surface area contributed by atoms with Crippen molar-refractivity contribution in [3.63, 3.8) is 0 Å². The highest BCUT2D eigenvalue weighted by Gasteiger charge is 2.66. The molecule has 0 bridgehead atoms. The number of hydrogen-bond acceptors (Lipinski definition) is 4. The topological polar surface area (TPSA) is 85.1 Å². The third kappa shape index (κ3) is 1.99. The van der Waals surface area contributed by atoms with E-state index in [2.05, 4.69) is 6.92 Å². The highest BCUT2D eigenvalue weighted by molar-refractivity contribution is 5.96.